The minimum Gasteiger partial charge on any atom is -0.440 e. The Balaban J connectivity index is 1.00. The summed E-state index contributed by atoms with van der Waals surface area (Å²) in [6, 6.07) is 45.3. The summed E-state index contributed by atoms with van der Waals surface area (Å²) in [5.74, 6) is 2.56. The summed E-state index contributed by atoms with van der Waals surface area (Å²) < 4.78 is 49.2. The normalized spacial score (nSPS) is 15.3. The van der Waals surface area contributed by atoms with Crippen LogP contribution in [0.5, 0.6) is 34.5 Å². The predicted molar refractivity (Wildman–Crippen MR) is 292 cm³/mol. The van der Waals surface area contributed by atoms with E-state index >= 15 is 0 Å². The smallest absolute Gasteiger partial charge is 0.440 e. The van der Waals surface area contributed by atoms with E-state index in [-0.39, 0.29) is 0 Å². The summed E-state index contributed by atoms with van der Waals surface area (Å²) in [4.78, 5) is 39.8. The number of hydrogen-bond acceptors (Lipinski definition) is 15. The molecule has 12 aromatic rings. The Morgan fingerprint density at radius 3 is 0.897 bits per heavy atom. The average molecular weight is 1090 g/mol. The lowest BCUT2D eigenvalue weighted by Gasteiger charge is -2.43. The number of nitrogens with zero attached hydrogens (tertiary/aromatic N) is 15. The Kier molecular flexibility index (Phi) is 13.3. The average Bonchev–Trinajstić information content (AvgIpc) is 4.38. The Morgan fingerprint density at radius 2 is 0.590 bits per heavy atom. The van der Waals surface area contributed by atoms with Crippen LogP contribution in [0.2, 0.25) is 0 Å². The van der Waals surface area contributed by atoms with Gasteiger partial charge in [-0.25, -0.2) is 29.9 Å². The van der Waals surface area contributed by atoms with Gasteiger partial charge in [-0.15, -0.1) is 4.52 Å². The first-order valence-corrected chi connectivity index (χ1v) is 27.8. The maximum absolute atomic E-state index is 7.35. The van der Waals surface area contributed by atoms with E-state index in [9.17, 15) is 0 Å². The van der Waals surface area contributed by atoms with Crippen LogP contribution in [-0.4, -0.2) is 66.5 Å². The number of imidazole rings is 6. The molecule has 13 rings (SSSR count). The molecule has 0 spiro atoms. The van der Waals surface area contributed by atoms with Crippen LogP contribution < -0.4 is 27.8 Å². The molecule has 0 aliphatic carbocycles. The molecular weight excluding hydrogens is 1050 g/mol. The van der Waals surface area contributed by atoms with Gasteiger partial charge in [0, 0.05) is 118 Å². The fraction of sp³-hybridized carbons (Fsp3) is 0. The van der Waals surface area contributed by atoms with Crippen LogP contribution in [0.1, 0.15) is 0 Å². The molecule has 2 unspecified atom stereocenters. The summed E-state index contributed by atoms with van der Waals surface area (Å²) in [5.41, 5.74) is 5.15. The van der Waals surface area contributed by atoms with Crippen molar-refractivity contribution >= 4 is 24.6 Å². The fourth-order valence-corrected chi connectivity index (χ4v) is 15.5. The molecular formula is C54H42N15O6P3. The van der Waals surface area contributed by atoms with Gasteiger partial charge in [-0.3, -0.25) is 0 Å². The standard InChI is InChI=1S/C54H42N15O6P3/c1-13-49(14-2-43(1)62-31-25-55-37-62)70-68-76(72-51-17-5-45(6-18-51)64-33-27-57-39-64)61-78(74-53-21-9-47(10-22-53)66-35-29-59-41-66,75-54-23-11-48(12-24-54)67-36-30-60-42-67)69(71-50-15-3-44(4-16-50)63-32-26-56-38-63)77(68)73-52-19-7-46(8-20-52)65-34-28-58-40-65/h1-42H. The third-order valence-corrected chi connectivity index (χ3v) is 18.7. The zero-order valence-corrected chi connectivity index (χ0v) is 43.4. The van der Waals surface area contributed by atoms with Gasteiger partial charge in [-0.1, -0.05) is 0 Å². The first-order valence-electron chi connectivity index (χ1n) is 24.0. The summed E-state index contributed by atoms with van der Waals surface area (Å²) in [6.45, 7) is 0. The van der Waals surface area contributed by atoms with Gasteiger partial charge < -0.3 is 55.2 Å². The predicted octanol–water partition coefficient (Wildman–Crippen LogP) is 12.4. The lowest BCUT2D eigenvalue weighted by atomic mass is 10.3. The fourth-order valence-electron chi connectivity index (χ4n) is 7.99. The Hall–Kier alpha value is -9.61. The van der Waals surface area contributed by atoms with Gasteiger partial charge in [0.05, 0.1) is 38.0 Å². The molecule has 24 heteroatoms. The van der Waals surface area contributed by atoms with Crippen LogP contribution in [0.4, 0.5) is 0 Å². The molecule has 0 bridgehead atoms. The van der Waals surface area contributed by atoms with Crippen LogP contribution in [0.15, 0.2) is 262 Å². The topological polar surface area (TPSA) is 181 Å². The summed E-state index contributed by atoms with van der Waals surface area (Å²) in [6.07, 6.45) is 31.9. The third kappa shape index (κ3) is 10.4. The number of aromatic nitrogens is 12. The second-order valence-corrected chi connectivity index (χ2v) is 22.4. The highest BCUT2D eigenvalue weighted by atomic mass is 31.3. The first-order chi connectivity index (χ1) is 38.5. The molecule has 0 N–H and O–H groups in total. The van der Waals surface area contributed by atoms with Crippen molar-refractivity contribution < 1.29 is 27.8 Å². The van der Waals surface area contributed by atoms with Crippen molar-refractivity contribution in [1.82, 2.24) is 66.5 Å². The van der Waals surface area contributed by atoms with E-state index < -0.39 is 24.6 Å². The van der Waals surface area contributed by atoms with E-state index in [4.69, 9.17) is 32.3 Å². The highest BCUT2D eigenvalue weighted by molar-refractivity contribution is 7.78. The third-order valence-electron chi connectivity index (χ3n) is 11.9. The van der Waals surface area contributed by atoms with E-state index in [2.05, 4.69) is 29.9 Å². The van der Waals surface area contributed by atoms with Gasteiger partial charge in [0.2, 0.25) is 0 Å². The van der Waals surface area contributed by atoms with Crippen LogP contribution in [0, 0.1) is 0 Å². The molecule has 6 aromatic heterocycles. The van der Waals surface area contributed by atoms with E-state index in [1.54, 1.807) is 84.4 Å². The summed E-state index contributed by atoms with van der Waals surface area (Å²) in [7, 11) is -8.95. The molecule has 2 atom stereocenters. The Labute approximate surface area is 448 Å². The molecule has 1 aliphatic heterocycles. The SMILES string of the molecule is c1cn(-c2ccc(ON3P(Oc4ccc(-n5ccnc5)cc4)N=P(Oc4ccc(-n5ccnc5)cc4)(Oc4ccc(-n5ccnc5)cc4)N(Oc4ccc(-n5ccnc5)cc4)P3Oc3ccc(-n4ccnc4)cc3)cc2)cn1. The van der Waals surface area contributed by atoms with Crippen LogP contribution >= 0.6 is 24.6 Å². The Bertz CT molecular complexity index is 3770. The van der Waals surface area contributed by atoms with Crippen molar-refractivity contribution in [1.29, 1.82) is 0 Å². The maximum atomic E-state index is 7.35. The molecule has 0 saturated carbocycles. The van der Waals surface area contributed by atoms with Crippen molar-refractivity contribution in [2.75, 3.05) is 0 Å². The van der Waals surface area contributed by atoms with Crippen molar-refractivity contribution in [3.8, 4) is 68.6 Å². The lowest BCUT2D eigenvalue weighted by Crippen LogP contribution is -2.37. The molecule has 7 heterocycles. The van der Waals surface area contributed by atoms with Gasteiger partial charge in [-0.05, 0) is 146 Å². The van der Waals surface area contributed by atoms with Crippen molar-refractivity contribution in [3.63, 3.8) is 0 Å². The minimum atomic E-state index is -4.15. The first kappa shape index (κ1) is 48.1. The van der Waals surface area contributed by atoms with Crippen LogP contribution in [0.3, 0.4) is 0 Å². The molecule has 0 saturated heterocycles. The maximum Gasteiger partial charge on any atom is 0.447 e. The van der Waals surface area contributed by atoms with Gasteiger partial charge in [-0.2, -0.15) is 0 Å². The molecule has 21 nitrogen and oxygen atoms in total. The van der Waals surface area contributed by atoms with Gasteiger partial charge in [0.15, 0.2) is 0 Å². The van der Waals surface area contributed by atoms with Gasteiger partial charge >= 0.3 is 24.6 Å². The van der Waals surface area contributed by atoms with Gasteiger partial charge in [0.25, 0.3) is 0 Å². The second-order valence-electron chi connectivity index (χ2n) is 16.9. The van der Waals surface area contributed by atoms with Gasteiger partial charge in [0.1, 0.15) is 34.5 Å². The quantitative estimate of drug-likeness (QED) is 0.0740. The molecule has 384 valence electrons. The van der Waals surface area contributed by atoms with Crippen molar-refractivity contribution in [3.05, 3.63) is 258 Å². The highest BCUT2D eigenvalue weighted by Crippen LogP contribution is 2.77. The van der Waals surface area contributed by atoms with E-state index in [0.29, 0.717) is 34.5 Å². The minimum absolute atomic E-state index is 0.398. The van der Waals surface area contributed by atoms with E-state index in [1.807, 2.05) is 210 Å². The summed E-state index contributed by atoms with van der Waals surface area (Å²) in [5, 5.41) is 0. The van der Waals surface area contributed by atoms with Crippen molar-refractivity contribution in [2.45, 2.75) is 0 Å². The van der Waals surface area contributed by atoms with E-state index in [1.165, 1.54) is 0 Å². The molecule has 0 radical (unpaired) electrons. The molecule has 1 aliphatic rings. The van der Waals surface area contributed by atoms with E-state index in [0.717, 1.165) is 34.1 Å². The number of rotatable bonds is 18. The lowest BCUT2D eigenvalue weighted by molar-refractivity contribution is 0.0545. The molecule has 78 heavy (non-hydrogen) atoms. The molecule has 0 amide bonds. The summed E-state index contributed by atoms with van der Waals surface area (Å²) >= 11 is 0. The molecule has 0 fully saturated rings. The zero-order chi connectivity index (χ0) is 52.1. The number of hydrogen-bond donors (Lipinski definition) is 0. The van der Waals surface area contributed by atoms with Crippen molar-refractivity contribution in [2.24, 2.45) is 4.52 Å². The van der Waals surface area contributed by atoms with Crippen LogP contribution in [-0.2, 0) is 0 Å². The molecule has 6 aromatic carbocycles. The monoisotopic (exact) mass is 1090 g/mol. The Morgan fingerprint density at radius 1 is 0.308 bits per heavy atom. The second kappa shape index (κ2) is 21.6. The number of benzene rings is 6. The largest absolute Gasteiger partial charge is 0.447 e. The zero-order valence-electron chi connectivity index (χ0n) is 40.7. The van der Waals surface area contributed by atoms with Crippen LogP contribution in [0.25, 0.3) is 34.1 Å². The highest BCUT2D eigenvalue weighted by Gasteiger charge is 2.58.